The molecule has 1 fully saturated rings. The number of hydrogen-bond donors (Lipinski definition) is 0. The zero-order valence-electron chi connectivity index (χ0n) is 13.4. The highest BCUT2D eigenvalue weighted by molar-refractivity contribution is 5.90. The largest absolute Gasteiger partial charge is 0.388 e. The van der Waals surface area contributed by atoms with Gasteiger partial charge in [0.25, 0.3) is 0 Å². The summed E-state index contributed by atoms with van der Waals surface area (Å²) in [6.45, 7) is 15.1. The number of ether oxygens (including phenoxy) is 1. The Morgan fingerprint density at radius 1 is 1.21 bits per heavy atom. The highest BCUT2D eigenvalue weighted by Crippen LogP contribution is 2.45. The molecular formula is C16H29NO2. The molecule has 0 N–H and O–H groups in total. The predicted octanol–water partition coefficient (Wildman–Crippen LogP) is 4.02. The van der Waals surface area contributed by atoms with E-state index in [1.54, 1.807) is 0 Å². The summed E-state index contributed by atoms with van der Waals surface area (Å²) in [6, 6.07) is 0. The van der Waals surface area contributed by atoms with E-state index < -0.39 is 0 Å². The van der Waals surface area contributed by atoms with Crippen molar-refractivity contribution in [1.29, 1.82) is 0 Å². The minimum absolute atomic E-state index is 0.103. The van der Waals surface area contributed by atoms with Crippen LogP contribution in [0.2, 0.25) is 0 Å². The van der Waals surface area contributed by atoms with Crippen molar-refractivity contribution >= 4 is 5.71 Å². The molecule has 0 radical (unpaired) electrons. The van der Waals surface area contributed by atoms with Gasteiger partial charge in [-0.25, -0.2) is 0 Å². The summed E-state index contributed by atoms with van der Waals surface area (Å²) in [5.74, 6) is 0.449. The molecule has 0 aliphatic carbocycles. The molecule has 0 amide bonds. The van der Waals surface area contributed by atoms with E-state index in [-0.39, 0.29) is 11.0 Å². The van der Waals surface area contributed by atoms with Crippen LogP contribution in [-0.2, 0) is 9.57 Å². The maximum absolute atomic E-state index is 5.99. The molecule has 0 aromatic heterocycles. The number of hydrogen-bond acceptors (Lipinski definition) is 3. The van der Waals surface area contributed by atoms with Crippen molar-refractivity contribution in [1.82, 2.24) is 0 Å². The Morgan fingerprint density at radius 3 is 2.42 bits per heavy atom. The molecule has 0 aromatic carbocycles. The minimum atomic E-state index is -0.103. The zero-order chi connectivity index (χ0) is 14.3. The van der Waals surface area contributed by atoms with E-state index in [9.17, 15) is 0 Å². The molecule has 3 heteroatoms. The average molecular weight is 267 g/mol. The van der Waals surface area contributed by atoms with Crippen molar-refractivity contribution in [3.05, 3.63) is 0 Å². The third-order valence-electron chi connectivity index (χ3n) is 4.26. The van der Waals surface area contributed by atoms with Gasteiger partial charge in [-0.3, -0.25) is 0 Å². The second kappa shape index (κ2) is 4.76. The Labute approximate surface area is 117 Å². The van der Waals surface area contributed by atoms with Gasteiger partial charge in [-0.2, -0.15) is 0 Å². The molecule has 2 aliphatic heterocycles. The second-order valence-corrected chi connectivity index (χ2v) is 8.41. The average Bonchev–Trinajstić information content (AvgIpc) is 2.65. The van der Waals surface area contributed by atoms with Gasteiger partial charge in [0.1, 0.15) is 5.60 Å². The number of oxime groups is 1. The summed E-state index contributed by atoms with van der Waals surface area (Å²) in [4.78, 5) is 5.99. The van der Waals surface area contributed by atoms with Gasteiger partial charge < -0.3 is 9.57 Å². The van der Waals surface area contributed by atoms with Crippen LogP contribution in [0.25, 0.3) is 0 Å². The minimum Gasteiger partial charge on any atom is -0.388 e. The van der Waals surface area contributed by atoms with E-state index in [1.165, 1.54) is 5.71 Å². The SMILES string of the molecule is CC(C)(C)CC1COCCC12CC(C(C)(C)C)=NO2. The van der Waals surface area contributed by atoms with Gasteiger partial charge in [-0.15, -0.1) is 0 Å². The van der Waals surface area contributed by atoms with Gasteiger partial charge in [0.15, 0.2) is 0 Å². The Bertz CT molecular complexity index is 362. The normalized spacial score (nSPS) is 32.3. The van der Waals surface area contributed by atoms with Crippen LogP contribution in [0.4, 0.5) is 0 Å². The molecule has 2 atom stereocenters. The van der Waals surface area contributed by atoms with Gasteiger partial charge in [0, 0.05) is 24.2 Å². The maximum Gasteiger partial charge on any atom is 0.150 e. The summed E-state index contributed by atoms with van der Waals surface area (Å²) < 4.78 is 5.70. The van der Waals surface area contributed by atoms with E-state index in [2.05, 4.69) is 46.7 Å². The summed E-state index contributed by atoms with van der Waals surface area (Å²) in [6.07, 6.45) is 3.07. The summed E-state index contributed by atoms with van der Waals surface area (Å²) in [5.41, 5.74) is 1.50. The molecule has 2 unspecified atom stereocenters. The molecule has 3 nitrogen and oxygen atoms in total. The van der Waals surface area contributed by atoms with E-state index in [0.717, 1.165) is 32.5 Å². The Kier molecular flexibility index (Phi) is 3.72. The summed E-state index contributed by atoms with van der Waals surface area (Å²) >= 11 is 0. The fourth-order valence-electron chi connectivity index (χ4n) is 3.06. The van der Waals surface area contributed by atoms with Crippen LogP contribution in [-0.4, -0.2) is 24.5 Å². The smallest absolute Gasteiger partial charge is 0.150 e. The van der Waals surface area contributed by atoms with E-state index >= 15 is 0 Å². The topological polar surface area (TPSA) is 30.8 Å². The maximum atomic E-state index is 5.99. The molecule has 1 spiro atoms. The van der Waals surface area contributed by atoms with Gasteiger partial charge in [0.05, 0.1) is 18.9 Å². The lowest BCUT2D eigenvalue weighted by molar-refractivity contribution is -0.144. The molecule has 0 bridgehead atoms. The first-order chi connectivity index (χ1) is 8.62. The zero-order valence-corrected chi connectivity index (χ0v) is 13.4. The standard InChI is InChI=1S/C16H29NO2/c1-14(2,3)9-12-11-18-8-7-16(12)10-13(17-19-16)15(4,5)6/h12H,7-11H2,1-6H3. The molecule has 19 heavy (non-hydrogen) atoms. The van der Waals surface area contributed by atoms with Gasteiger partial charge in [-0.1, -0.05) is 46.7 Å². The van der Waals surface area contributed by atoms with Crippen molar-refractivity contribution < 1.29 is 9.57 Å². The van der Waals surface area contributed by atoms with E-state index in [4.69, 9.17) is 9.57 Å². The van der Waals surface area contributed by atoms with Crippen molar-refractivity contribution in [2.75, 3.05) is 13.2 Å². The predicted molar refractivity (Wildman–Crippen MR) is 78.3 cm³/mol. The van der Waals surface area contributed by atoms with Crippen molar-refractivity contribution in [2.24, 2.45) is 21.9 Å². The molecule has 0 aromatic rings. The summed E-state index contributed by atoms with van der Waals surface area (Å²) in [7, 11) is 0. The second-order valence-electron chi connectivity index (χ2n) is 8.41. The first kappa shape index (κ1) is 14.8. The number of nitrogens with zero attached hydrogens (tertiary/aromatic N) is 1. The lowest BCUT2D eigenvalue weighted by Crippen LogP contribution is -2.47. The van der Waals surface area contributed by atoms with Crippen LogP contribution >= 0.6 is 0 Å². The highest BCUT2D eigenvalue weighted by Gasteiger charge is 2.50. The van der Waals surface area contributed by atoms with E-state index in [0.29, 0.717) is 11.3 Å². The van der Waals surface area contributed by atoms with Gasteiger partial charge in [0.2, 0.25) is 0 Å². The highest BCUT2D eigenvalue weighted by atomic mass is 16.7. The van der Waals surface area contributed by atoms with Crippen LogP contribution in [0.15, 0.2) is 5.16 Å². The Balaban J connectivity index is 2.13. The van der Waals surface area contributed by atoms with Crippen LogP contribution in [0.5, 0.6) is 0 Å². The first-order valence-corrected chi connectivity index (χ1v) is 7.46. The molecule has 1 saturated heterocycles. The molecule has 2 aliphatic rings. The quantitative estimate of drug-likeness (QED) is 0.718. The van der Waals surface area contributed by atoms with Crippen molar-refractivity contribution in [3.63, 3.8) is 0 Å². The number of rotatable bonds is 1. The fraction of sp³-hybridized carbons (Fsp3) is 0.938. The Morgan fingerprint density at radius 2 is 1.89 bits per heavy atom. The third kappa shape index (κ3) is 3.31. The van der Waals surface area contributed by atoms with Crippen LogP contribution in [0.3, 0.4) is 0 Å². The molecule has 2 rings (SSSR count). The van der Waals surface area contributed by atoms with Gasteiger partial charge in [-0.05, 0) is 11.8 Å². The fourth-order valence-corrected chi connectivity index (χ4v) is 3.06. The molecule has 110 valence electrons. The lowest BCUT2D eigenvalue weighted by Gasteiger charge is -2.41. The van der Waals surface area contributed by atoms with Crippen LogP contribution in [0.1, 0.15) is 60.8 Å². The van der Waals surface area contributed by atoms with Crippen LogP contribution < -0.4 is 0 Å². The monoisotopic (exact) mass is 267 g/mol. The molecule has 2 heterocycles. The summed E-state index contributed by atoms with van der Waals surface area (Å²) in [5, 5.41) is 4.43. The third-order valence-corrected chi connectivity index (χ3v) is 4.26. The van der Waals surface area contributed by atoms with Crippen LogP contribution in [0, 0.1) is 16.7 Å². The Hall–Kier alpha value is -0.570. The molecular weight excluding hydrogens is 238 g/mol. The molecule has 0 saturated carbocycles. The van der Waals surface area contributed by atoms with E-state index in [1.807, 2.05) is 0 Å². The first-order valence-electron chi connectivity index (χ1n) is 7.46. The van der Waals surface area contributed by atoms with Crippen molar-refractivity contribution in [2.45, 2.75) is 66.4 Å². The van der Waals surface area contributed by atoms with Gasteiger partial charge >= 0.3 is 0 Å². The lowest BCUT2D eigenvalue weighted by atomic mass is 9.70. The van der Waals surface area contributed by atoms with Crippen molar-refractivity contribution in [3.8, 4) is 0 Å².